The van der Waals surface area contributed by atoms with E-state index >= 15 is 0 Å². The van der Waals surface area contributed by atoms with E-state index < -0.39 is 11.9 Å². The van der Waals surface area contributed by atoms with Crippen LogP contribution in [-0.4, -0.2) is 35.5 Å². The molecule has 1 atom stereocenters. The summed E-state index contributed by atoms with van der Waals surface area (Å²) >= 11 is 0. The summed E-state index contributed by atoms with van der Waals surface area (Å²) in [6, 6.07) is 13.5. The molecule has 2 aromatic rings. The summed E-state index contributed by atoms with van der Waals surface area (Å²) in [6.45, 7) is 2.96. The molecule has 6 heteroatoms. The highest BCUT2D eigenvalue weighted by molar-refractivity contribution is 5.86. The number of likely N-dealkylation sites (tertiary alicyclic amines) is 1. The smallest absolute Gasteiger partial charge is 0.308 e. The van der Waals surface area contributed by atoms with Crippen LogP contribution in [0.15, 0.2) is 42.5 Å². The zero-order valence-corrected chi connectivity index (χ0v) is 15.5. The number of carboxylic acids is 1. The second-order valence-corrected chi connectivity index (χ2v) is 6.76. The van der Waals surface area contributed by atoms with E-state index in [-0.39, 0.29) is 18.9 Å². The highest BCUT2D eigenvalue weighted by atomic mass is 16.5. The molecule has 0 aromatic heterocycles. The lowest BCUT2D eigenvalue weighted by Gasteiger charge is -2.19. The van der Waals surface area contributed by atoms with Crippen LogP contribution in [0.5, 0.6) is 11.5 Å². The number of nitrogens with zero attached hydrogens (tertiary/aromatic N) is 1. The third-order valence-corrected chi connectivity index (χ3v) is 4.71. The Hall–Kier alpha value is -3.02. The Kier molecular flexibility index (Phi) is 5.64. The number of carbonyl (C=O) groups is 2. The SMILES string of the molecule is COc1ccc(CN2CC(C(=O)O)CC2=O)c(OCc2ccc(C)cc2)c1. The quantitative estimate of drug-likeness (QED) is 0.812. The third-order valence-electron chi connectivity index (χ3n) is 4.71. The van der Waals surface area contributed by atoms with Crippen LogP contribution in [0.1, 0.15) is 23.1 Å². The van der Waals surface area contributed by atoms with Crippen LogP contribution in [0.4, 0.5) is 0 Å². The van der Waals surface area contributed by atoms with Gasteiger partial charge < -0.3 is 19.5 Å². The number of rotatable bonds is 7. The van der Waals surface area contributed by atoms with Gasteiger partial charge in [-0.05, 0) is 24.6 Å². The van der Waals surface area contributed by atoms with Crippen LogP contribution in [-0.2, 0) is 22.7 Å². The van der Waals surface area contributed by atoms with Crippen LogP contribution in [0.2, 0.25) is 0 Å². The van der Waals surface area contributed by atoms with Crippen LogP contribution in [0.3, 0.4) is 0 Å². The molecule has 1 unspecified atom stereocenters. The lowest BCUT2D eigenvalue weighted by molar-refractivity contribution is -0.141. The predicted octanol–water partition coefficient (Wildman–Crippen LogP) is 3.02. The highest BCUT2D eigenvalue weighted by Gasteiger charge is 2.34. The molecule has 1 aliphatic rings. The molecular formula is C21H23NO5. The fraction of sp³-hybridized carbons (Fsp3) is 0.333. The summed E-state index contributed by atoms with van der Waals surface area (Å²) in [5.74, 6) is -0.442. The third kappa shape index (κ3) is 4.58. The van der Waals surface area contributed by atoms with Crippen molar-refractivity contribution in [2.45, 2.75) is 26.5 Å². The Labute approximate surface area is 158 Å². The number of hydrogen-bond donors (Lipinski definition) is 1. The van der Waals surface area contributed by atoms with Crippen molar-refractivity contribution in [1.82, 2.24) is 4.90 Å². The fourth-order valence-electron chi connectivity index (χ4n) is 3.07. The zero-order valence-electron chi connectivity index (χ0n) is 15.5. The molecule has 1 N–H and O–H groups in total. The van der Waals surface area contributed by atoms with Gasteiger partial charge in [-0.2, -0.15) is 0 Å². The number of aliphatic carboxylic acids is 1. The van der Waals surface area contributed by atoms with E-state index in [1.54, 1.807) is 18.1 Å². The molecule has 1 aliphatic heterocycles. The van der Waals surface area contributed by atoms with Gasteiger partial charge in [-0.1, -0.05) is 29.8 Å². The minimum absolute atomic E-state index is 0.0467. The van der Waals surface area contributed by atoms with E-state index in [1.165, 1.54) is 5.56 Å². The van der Waals surface area contributed by atoms with Crippen molar-refractivity contribution in [2.24, 2.45) is 5.92 Å². The van der Waals surface area contributed by atoms with Gasteiger partial charge in [0.05, 0.1) is 13.0 Å². The van der Waals surface area contributed by atoms with E-state index in [2.05, 4.69) is 0 Å². The molecule has 0 bridgehead atoms. The van der Waals surface area contributed by atoms with E-state index in [1.807, 2.05) is 43.3 Å². The summed E-state index contributed by atoms with van der Waals surface area (Å²) in [4.78, 5) is 24.9. The number of methoxy groups -OCH3 is 1. The molecule has 142 valence electrons. The van der Waals surface area contributed by atoms with Crippen LogP contribution >= 0.6 is 0 Å². The lowest BCUT2D eigenvalue weighted by atomic mass is 10.1. The van der Waals surface area contributed by atoms with Crippen molar-refractivity contribution in [3.8, 4) is 11.5 Å². The average molecular weight is 369 g/mol. The number of aryl methyl sites for hydroxylation is 1. The standard InChI is InChI=1S/C21H23NO5/c1-14-3-5-15(6-4-14)13-27-19-10-18(26-2)8-7-16(19)11-22-12-17(21(24)25)9-20(22)23/h3-8,10,17H,9,11-13H2,1-2H3,(H,24,25). The van der Waals surface area contributed by atoms with Gasteiger partial charge in [0.1, 0.15) is 18.1 Å². The molecular weight excluding hydrogens is 346 g/mol. The first kappa shape index (κ1) is 18.8. The predicted molar refractivity (Wildman–Crippen MR) is 99.7 cm³/mol. The van der Waals surface area contributed by atoms with Gasteiger partial charge in [-0.25, -0.2) is 0 Å². The number of carbonyl (C=O) groups excluding carboxylic acids is 1. The fourth-order valence-corrected chi connectivity index (χ4v) is 3.07. The first-order valence-corrected chi connectivity index (χ1v) is 8.82. The normalized spacial score (nSPS) is 16.4. The largest absolute Gasteiger partial charge is 0.497 e. The van der Waals surface area contributed by atoms with Gasteiger partial charge in [0.2, 0.25) is 5.91 Å². The molecule has 6 nitrogen and oxygen atoms in total. The molecule has 2 aromatic carbocycles. The second kappa shape index (κ2) is 8.12. The molecule has 3 rings (SSSR count). The number of benzene rings is 2. The summed E-state index contributed by atoms with van der Waals surface area (Å²) in [5, 5.41) is 9.15. The summed E-state index contributed by atoms with van der Waals surface area (Å²) in [6.07, 6.45) is 0.0467. The van der Waals surface area contributed by atoms with Gasteiger partial charge in [0.25, 0.3) is 0 Å². The van der Waals surface area contributed by atoms with Crippen molar-refractivity contribution in [3.05, 3.63) is 59.2 Å². The van der Waals surface area contributed by atoms with E-state index in [0.717, 1.165) is 11.1 Å². The van der Waals surface area contributed by atoms with Crippen molar-refractivity contribution in [2.75, 3.05) is 13.7 Å². The number of hydrogen-bond acceptors (Lipinski definition) is 4. The Morgan fingerprint density at radius 3 is 2.59 bits per heavy atom. The molecule has 1 amide bonds. The van der Waals surface area contributed by atoms with Crippen molar-refractivity contribution in [3.63, 3.8) is 0 Å². The molecule has 1 fully saturated rings. The first-order valence-electron chi connectivity index (χ1n) is 8.82. The maximum absolute atomic E-state index is 12.1. The first-order chi connectivity index (χ1) is 13.0. The van der Waals surface area contributed by atoms with E-state index in [0.29, 0.717) is 24.7 Å². The van der Waals surface area contributed by atoms with Gasteiger partial charge in [0.15, 0.2) is 0 Å². The summed E-state index contributed by atoms with van der Waals surface area (Å²) in [7, 11) is 1.58. The molecule has 0 spiro atoms. The second-order valence-electron chi connectivity index (χ2n) is 6.76. The zero-order chi connectivity index (χ0) is 19.4. The highest BCUT2D eigenvalue weighted by Crippen LogP contribution is 2.29. The number of amides is 1. The Balaban J connectivity index is 1.75. The molecule has 1 saturated heterocycles. The summed E-state index contributed by atoms with van der Waals surface area (Å²) in [5.41, 5.74) is 3.04. The van der Waals surface area contributed by atoms with Crippen molar-refractivity contribution in [1.29, 1.82) is 0 Å². The van der Waals surface area contributed by atoms with Gasteiger partial charge >= 0.3 is 5.97 Å². The van der Waals surface area contributed by atoms with Gasteiger partial charge in [0, 0.05) is 31.1 Å². The molecule has 0 saturated carbocycles. The Morgan fingerprint density at radius 1 is 1.22 bits per heavy atom. The minimum atomic E-state index is -0.934. The lowest BCUT2D eigenvalue weighted by Crippen LogP contribution is -2.26. The molecule has 27 heavy (non-hydrogen) atoms. The topological polar surface area (TPSA) is 76.1 Å². The van der Waals surface area contributed by atoms with Gasteiger partial charge in [-0.15, -0.1) is 0 Å². The number of carboxylic acid groups (broad SMARTS) is 1. The van der Waals surface area contributed by atoms with Crippen molar-refractivity contribution < 1.29 is 24.2 Å². The monoisotopic (exact) mass is 369 g/mol. The molecule has 0 aliphatic carbocycles. The molecule has 0 radical (unpaired) electrons. The van der Waals surface area contributed by atoms with Crippen molar-refractivity contribution >= 4 is 11.9 Å². The number of ether oxygens (including phenoxy) is 2. The maximum atomic E-state index is 12.1. The average Bonchev–Trinajstić information content (AvgIpc) is 3.03. The summed E-state index contributed by atoms with van der Waals surface area (Å²) < 4.78 is 11.3. The Bertz CT molecular complexity index is 831. The van der Waals surface area contributed by atoms with Gasteiger partial charge in [-0.3, -0.25) is 9.59 Å². The van der Waals surface area contributed by atoms with Crippen LogP contribution in [0, 0.1) is 12.8 Å². The maximum Gasteiger partial charge on any atom is 0.308 e. The Morgan fingerprint density at radius 2 is 1.96 bits per heavy atom. The van der Waals surface area contributed by atoms with E-state index in [4.69, 9.17) is 14.6 Å². The van der Waals surface area contributed by atoms with E-state index in [9.17, 15) is 9.59 Å². The molecule has 1 heterocycles. The van der Waals surface area contributed by atoms with Crippen LogP contribution < -0.4 is 9.47 Å². The minimum Gasteiger partial charge on any atom is -0.497 e. The van der Waals surface area contributed by atoms with Crippen LogP contribution in [0.25, 0.3) is 0 Å².